The Kier molecular flexibility index (Phi) is 10.3. The molecular weight excluding hydrogens is 659 g/mol. The normalized spacial score (nSPS) is 12.1. The maximum Gasteiger partial charge on any atom is 0.411 e. The fourth-order valence-electron chi connectivity index (χ4n) is 6.21. The van der Waals surface area contributed by atoms with Crippen molar-refractivity contribution >= 4 is 45.3 Å². The summed E-state index contributed by atoms with van der Waals surface area (Å²) in [4.78, 5) is 29.0. The van der Waals surface area contributed by atoms with Crippen LogP contribution in [0.4, 0.5) is 9.18 Å². The lowest BCUT2D eigenvalue weighted by Gasteiger charge is -2.27. The van der Waals surface area contributed by atoms with Gasteiger partial charge in [0.1, 0.15) is 35.1 Å². The average molecular weight is 705 g/mol. The van der Waals surface area contributed by atoms with E-state index in [0.29, 0.717) is 47.0 Å². The number of hydrogen-bond acceptors (Lipinski definition) is 6. The predicted molar refractivity (Wildman–Crippen MR) is 196 cm³/mol. The van der Waals surface area contributed by atoms with E-state index in [1.807, 2.05) is 76.6 Å². The maximum atomic E-state index is 14.3. The topological polar surface area (TPSA) is 87.8 Å². The molecule has 2 aromatic heterocycles. The first kappa shape index (κ1) is 36.7. The number of esters is 1. The van der Waals surface area contributed by atoms with Crippen LogP contribution < -0.4 is 4.74 Å². The molecule has 9 nitrogen and oxygen atoms in total. The van der Waals surface area contributed by atoms with Gasteiger partial charge in [0.15, 0.2) is 0 Å². The monoisotopic (exact) mass is 704 g/mol. The number of rotatable bonds is 9. The summed E-state index contributed by atoms with van der Waals surface area (Å²) in [6.45, 7) is 15.1. The van der Waals surface area contributed by atoms with Crippen LogP contribution in [0, 0.1) is 19.7 Å². The highest BCUT2D eigenvalue weighted by Crippen LogP contribution is 2.42. The largest absolute Gasteiger partial charge is 0.493 e. The number of halogens is 2. The van der Waals surface area contributed by atoms with Crippen molar-refractivity contribution in [2.45, 2.75) is 86.1 Å². The highest BCUT2D eigenvalue weighted by Gasteiger charge is 2.32. The summed E-state index contributed by atoms with van der Waals surface area (Å²) >= 11 is 7.03. The first-order valence-electron chi connectivity index (χ1n) is 16.7. The van der Waals surface area contributed by atoms with Gasteiger partial charge in [0, 0.05) is 41.7 Å². The molecule has 266 valence electrons. The van der Waals surface area contributed by atoms with E-state index in [0.717, 1.165) is 38.7 Å². The van der Waals surface area contributed by atoms with Gasteiger partial charge in [0.05, 0.1) is 22.8 Å². The molecule has 0 bridgehead atoms. The van der Waals surface area contributed by atoms with Gasteiger partial charge < -0.3 is 18.8 Å². The Labute approximate surface area is 297 Å². The van der Waals surface area contributed by atoms with Crippen molar-refractivity contribution in [2.24, 2.45) is 7.05 Å². The molecule has 0 aliphatic rings. The zero-order chi connectivity index (χ0) is 36.7. The lowest BCUT2D eigenvalue weighted by Crippen LogP contribution is -2.36. The number of carbonyl (C=O) groups excluding carboxylic acids is 2. The van der Waals surface area contributed by atoms with E-state index in [1.54, 1.807) is 38.6 Å². The minimum Gasteiger partial charge on any atom is -0.493 e. The van der Waals surface area contributed by atoms with Crippen molar-refractivity contribution in [3.8, 4) is 16.9 Å². The third-order valence-electron chi connectivity index (χ3n) is 8.32. The minimum absolute atomic E-state index is 0.0191. The van der Waals surface area contributed by atoms with Crippen LogP contribution in [-0.2, 0) is 29.6 Å². The molecule has 5 rings (SSSR count). The molecule has 0 N–H and O–H groups in total. The van der Waals surface area contributed by atoms with Crippen molar-refractivity contribution in [2.75, 3.05) is 13.7 Å². The average Bonchev–Trinajstić information content (AvgIpc) is 3.44. The van der Waals surface area contributed by atoms with E-state index >= 15 is 0 Å². The Balaban J connectivity index is 1.66. The molecule has 3 aromatic carbocycles. The van der Waals surface area contributed by atoms with Crippen LogP contribution in [0.3, 0.4) is 0 Å². The molecule has 1 amide bonds. The Bertz CT molecular complexity index is 2090. The van der Waals surface area contributed by atoms with Gasteiger partial charge in [-0.25, -0.2) is 14.0 Å². The van der Waals surface area contributed by atoms with Gasteiger partial charge in [0.2, 0.25) is 0 Å². The van der Waals surface area contributed by atoms with Gasteiger partial charge in [-0.15, -0.1) is 0 Å². The summed E-state index contributed by atoms with van der Waals surface area (Å²) in [5.41, 5.74) is 3.45. The molecular formula is C39H46ClFN4O5. The summed E-state index contributed by atoms with van der Waals surface area (Å²) in [5, 5.41) is 7.49. The fraction of sp³-hybridized carbons (Fsp3) is 0.410. The van der Waals surface area contributed by atoms with E-state index in [4.69, 9.17) is 25.8 Å². The molecule has 0 unspecified atom stereocenters. The van der Waals surface area contributed by atoms with Crippen molar-refractivity contribution in [1.29, 1.82) is 0 Å². The van der Waals surface area contributed by atoms with Crippen molar-refractivity contribution in [3.63, 3.8) is 0 Å². The highest BCUT2D eigenvalue weighted by atomic mass is 35.5. The molecule has 11 heteroatoms. The molecule has 0 aliphatic heterocycles. The van der Waals surface area contributed by atoms with Crippen LogP contribution in [0.25, 0.3) is 32.8 Å². The fourth-order valence-corrected chi connectivity index (χ4v) is 6.46. The summed E-state index contributed by atoms with van der Waals surface area (Å²) in [7, 11) is 3.51. The molecule has 5 aromatic rings. The Morgan fingerprint density at radius 1 is 0.940 bits per heavy atom. The van der Waals surface area contributed by atoms with Crippen LogP contribution in [0.2, 0.25) is 5.02 Å². The van der Waals surface area contributed by atoms with Crippen molar-refractivity contribution < 1.29 is 28.2 Å². The second-order valence-electron chi connectivity index (χ2n) is 14.6. The van der Waals surface area contributed by atoms with Crippen molar-refractivity contribution in [1.82, 2.24) is 19.2 Å². The van der Waals surface area contributed by atoms with Crippen LogP contribution in [0.15, 0.2) is 48.5 Å². The summed E-state index contributed by atoms with van der Waals surface area (Å²) in [6, 6.07) is 13.9. The van der Waals surface area contributed by atoms with Crippen LogP contribution in [-0.4, -0.2) is 56.2 Å². The zero-order valence-corrected chi connectivity index (χ0v) is 31.3. The molecule has 0 aliphatic carbocycles. The van der Waals surface area contributed by atoms with Crippen LogP contribution >= 0.6 is 11.6 Å². The van der Waals surface area contributed by atoms with Gasteiger partial charge in [-0.05, 0) is 110 Å². The number of aryl methyl sites for hydroxylation is 3. The third-order valence-corrected chi connectivity index (χ3v) is 8.63. The quantitative estimate of drug-likeness (QED) is 0.112. The molecule has 0 radical (unpaired) electrons. The zero-order valence-electron chi connectivity index (χ0n) is 30.5. The van der Waals surface area contributed by atoms with Gasteiger partial charge in [-0.3, -0.25) is 9.58 Å². The first-order valence-corrected chi connectivity index (χ1v) is 17.1. The number of ether oxygens (including phenoxy) is 3. The Morgan fingerprint density at radius 2 is 1.62 bits per heavy atom. The summed E-state index contributed by atoms with van der Waals surface area (Å²) in [6.07, 6.45) is 0.438. The van der Waals surface area contributed by atoms with Crippen LogP contribution in [0.5, 0.6) is 5.75 Å². The number of benzene rings is 3. The summed E-state index contributed by atoms with van der Waals surface area (Å²) < 4.78 is 35.4. The SMILES string of the molecule is Cc1nn(C)c(C)c1-c1c(Cl)ccc2c(CCCOc3cccc4cc(F)ccc34)c(C(=O)OC(C)(C)C)n(CN(C)C(=O)OC(C)(C)C)c12. The predicted octanol–water partition coefficient (Wildman–Crippen LogP) is 9.40. The van der Waals surface area contributed by atoms with Gasteiger partial charge >= 0.3 is 12.1 Å². The number of carbonyl (C=O) groups is 2. The lowest BCUT2D eigenvalue weighted by molar-refractivity contribution is 0.00433. The van der Waals surface area contributed by atoms with E-state index in [2.05, 4.69) is 5.10 Å². The molecule has 0 fully saturated rings. The minimum atomic E-state index is -0.791. The number of nitrogens with zero attached hydrogens (tertiary/aromatic N) is 4. The number of hydrogen-bond donors (Lipinski definition) is 0. The van der Waals surface area contributed by atoms with E-state index in [9.17, 15) is 14.0 Å². The van der Waals surface area contributed by atoms with E-state index in [1.165, 1.54) is 17.0 Å². The molecule has 50 heavy (non-hydrogen) atoms. The maximum absolute atomic E-state index is 14.3. The van der Waals surface area contributed by atoms with E-state index < -0.39 is 23.3 Å². The molecule has 2 heterocycles. The van der Waals surface area contributed by atoms with Gasteiger partial charge in [-0.2, -0.15) is 5.10 Å². The smallest absolute Gasteiger partial charge is 0.411 e. The molecule has 0 atom stereocenters. The van der Waals surface area contributed by atoms with Gasteiger partial charge in [0.25, 0.3) is 0 Å². The molecule has 0 spiro atoms. The summed E-state index contributed by atoms with van der Waals surface area (Å²) in [5.74, 6) is -0.193. The van der Waals surface area contributed by atoms with Crippen molar-refractivity contribution in [3.05, 3.63) is 82.0 Å². The Morgan fingerprint density at radius 3 is 2.26 bits per heavy atom. The molecule has 0 saturated carbocycles. The van der Waals surface area contributed by atoms with E-state index in [-0.39, 0.29) is 12.5 Å². The second-order valence-corrected chi connectivity index (χ2v) is 15.0. The molecule has 0 saturated heterocycles. The number of aromatic nitrogens is 3. The number of fused-ring (bicyclic) bond motifs is 2. The second kappa shape index (κ2) is 14.0. The third kappa shape index (κ3) is 7.75. The van der Waals surface area contributed by atoms with Crippen LogP contribution in [0.1, 0.15) is 75.4 Å². The first-order chi connectivity index (χ1) is 23.4. The highest BCUT2D eigenvalue weighted by molar-refractivity contribution is 6.35. The Hall–Kier alpha value is -4.57. The lowest BCUT2D eigenvalue weighted by atomic mass is 9.98. The van der Waals surface area contributed by atoms with Gasteiger partial charge in [-0.1, -0.05) is 29.8 Å². The number of amides is 1. The standard InChI is InChI=1S/C39H46ClFN4O5/c1-23-32(24(2)44(10)42-23)33-30(40)19-18-29-28(14-12-20-48-31-15-11-13-25-21-26(41)16-17-27(25)31)35(36(46)49-38(3,4)5)45(34(29)33)22-43(9)37(47)50-39(6,7)8/h11,13,15-19,21H,12,14,20,22H2,1-10H3.